The Bertz CT molecular complexity index is 1390. The minimum atomic E-state index is -0.429. The molecule has 7 nitrogen and oxygen atoms in total. The Morgan fingerprint density at radius 2 is 1.62 bits per heavy atom. The fourth-order valence-electron chi connectivity index (χ4n) is 4.51. The molecule has 2 aliphatic rings. The second-order valence-electron chi connectivity index (χ2n) is 7.93. The number of hydrogen-bond donors (Lipinski definition) is 0. The van der Waals surface area contributed by atoms with Gasteiger partial charge >= 0.3 is 0 Å². The van der Waals surface area contributed by atoms with Crippen LogP contribution in [0.5, 0.6) is 11.5 Å². The van der Waals surface area contributed by atoms with Crippen LogP contribution in [-0.4, -0.2) is 32.6 Å². The average molecular weight is 451 g/mol. The highest BCUT2D eigenvalue weighted by Crippen LogP contribution is 2.41. The van der Waals surface area contributed by atoms with Crippen LogP contribution in [0.25, 0.3) is 5.57 Å². The van der Waals surface area contributed by atoms with Gasteiger partial charge in [-0.05, 0) is 60.0 Å². The Labute approximate surface area is 197 Å². The highest BCUT2D eigenvalue weighted by Gasteiger charge is 2.44. The summed E-state index contributed by atoms with van der Waals surface area (Å²) in [5, 5.41) is 9.12. The molecule has 0 fully saturated rings. The molecule has 0 bridgehead atoms. The summed E-state index contributed by atoms with van der Waals surface area (Å²) < 4.78 is 10.8. The van der Waals surface area contributed by atoms with Crippen molar-refractivity contribution >= 4 is 28.8 Å². The van der Waals surface area contributed by atoms with Crippen molar-refractivity contribution in [1.82, 2.24) is 0 Å². The van der Waals surface area contributed by atoms with Gasteiger partial charge in [-0.3, -0.25) is 9.59 Å². The molecule has 0 atom stereocenters. The first-order valence-corrected chi connectivity index (χ1v) is 10.8. The van der Waals surface area contributed by atoms with Crippen molar-refractivity contribution in [3.05, 3.63) is 89.1 Å². The number of carbonyl (C=O) groups excluding carboxylic acids is 2. The Balaban J connectivity index is 1.68. The van der Waals surface area contributed by atoms with Gasteiger partial charge in [-0.25, -0.2) is 4.90 Å². The summed E-state index contributed by atoms with van der Waals surface area (Å²) >= 11 is 0. The molecule has 0 saturated heterocycles. The smallest absolute Gasteiger partial charge is 0.282 e. The van der Waals surface area contributed by atoms with Gasteiger partial charge in [-0.15, -0.1) is 0 Å². The number of amides is 2. The number of nitrogens with zero attached hydrogens (tertiary/aromatic N) is 3. The van der Waals surface area contributed by atoms with E-state index in [9.17, 15) is 9.59 Å². The predicted octanol–water partition coefficient (Wildman–Crippen LogP) is 3.92. The van der Waals surface area contributed by atoms with Crippen molar-refractivity contribution in [3.63, 3.8) is 0 Å². The molecule has 2 heterocycles. The van der Waals surface area contributed by atoms with Crippen LogP contribution >= 0.6 is 0 Å². The summed E-state index contributed by atoms with van der Waals surface area (Å²) in [6.45, 7) is 0.589. The number of imide groups is 1. The van der Waals surface area contributed by atoms with Crippen molar-refractivity contribution in [3.8, 4) is 17.6 Å². The maximum absolute atomic E-state index is 13.8. The van der Waals surface area contributed by atoms with Crippen LogP contribution in [0.2, 0.25) is 0 Å². The van der Waals surface area contributed by atoms with Gasteiger partial charge in [-0.2, -0.15) is 5.26 Å². The van der Waals surface area contributed by atoms with E-state index in [-0.39, 0.29) is 0 Å². The molecule has 34 heavy (non-hydrogen) atoms. The first-order valence-electron chi connectivity index (χ1n) is 10.8. The standard InChI is InChI=1S/C27H21N3O4/c1-33-22-12-9-19(15-23(22)34-2)24-25(29-14-13-18-5-3-4-6-21(18)29)27(32)30(26(24)31)20-10-7-17(16-28)8-11-20/h3-12,15H,13-14H2,1-2H3. The number of nitriles is 1. The van der Waals surface area contributed by atoms with E-state index in [0.29, 0.717) is 46.1 Å². The molecule has 0 spiro atoms. The number of para-hydroxylation sites is 1. The second kappa shape index (κ2) is 8.41. The summed E-state index contributed by atoms with van der Waals surface area (Å²) in [5.74, 6) is 0.156. The third-order valence-electron chi connectivity index (χ3n) is 6.14. The summed E-state index contributed by atoms with van der Waals surface area (Å²) in [6.07, 6.45) is 0.775. The van der Waals surface area contributed by atoms with Crippen LogP contribution < -0.4 is 19.3 Å². The van der Waals surface area contributed by atoms with Crippen LogP contribution in [0.3, 0.4) is 0 Å². The first kappa shape index (κ1) is 21.3. The van der Waals surface area contributed by atoms with E-state index in [1.54, 1.807) is 49.6 Å². The molecule has 7 heteroatoms. The number of ether oxygens (including phenoxy) is 2. The minimum Gasteiger partial charge on any atom is -0.493 e. The van der Waals surface area contributed by atoms with Crippen LogP contribution in [0, 0.1) is 11.3 Å². The lowest BCUT2D eigenvalue weighted by Gasteiger charge is -2.22. The number of benzene rings is 3. The van der Waals surface area contributed by atoms with Gasteiger partial charge in [0.05, 0.1) is 37.1 Å². The lowest BCUT2D eigenvalue weighted by molar-refractivity contribution is -0.120. The third-order valence-corrected chi connectivity index (χ3v) is 6.14. The molecular formula is C27H21N3O4. The fraction of sp³-hybridized carbons (Fsp3) is 0.148. The van der Waals surface area contributed by atoms with Crippen molar-refractivity contribution in [2.45, 2.75) is 6.42 Å². The Morgan fingerprint density at radius 1 is 0.882 bits per heavy atom. The molecule has 3 aromatic rings. The number of anilines is 2. The summed E-state index contributed by atoms with van der Waals surface area (Å²) in [6, 6.07) is 21.5. The predicted molar refractivity (Wildman–Crippen MR) is 128 cm³/mol. The molecule has 0 saturated carbocycles. The summed E-state index contributed by atoms with van der Waals surface area (Å²) in [5.41, 5.74) is 4.08. The molecule has 2 amide bonds. The zero-order valence-electron chi connectivity index (χ0n) is 18.7. The topological polar surface area (TPSA) is 82.9 Å². The highest BCUT2D eigenvalue weighted by atomic mass is 16.5. The van der Waals surface area contributed by atoms with Gasteiger partial charge in [0.1, 0.15) is 5.70 Å². The number of carbonyl (C=O) groups is 2. The van der Waals surface area contributed by atoms with Gasteiger partial charge in [0, 0.05) is 12.2 Å². The lowest BCUT2D eigenvalue weighted by Crippen LogP contribution is -2.34. The lowest BCUT2D eigenvalue weighted by atomic mass is 10.0. The quantitative estimate of drug-likeness (QED) is 0.547. The maximum Gasteiger partial charge on any atom is 0.282 e. The van der Waals surface area contributed by atoms with Crippen LogP contribution in [0.4, 0.5) is 11.4 Å². The van der Waals surface area contributed by atoms with Crippen LogP contribution in [-0.2, 0) is 16.0 Å². The number of rotatable bonds is 5. The SMILES string of the molecule is COc1ccc(C2=C(N3CCc4ccccc43)C(=O)N(c3ccc(C#N)cc3)C2=O)cc1OC. The average Bonchev–Trinajstić information content (AvgIpc) is 3.41. The van der Waals surface area contributed by atoms with E-state index < -0.39 is 11.8 Å². The Morgan fingerprint density at radius 3 is 2.32 bits per heavy atom. The van der Waals surface area contributed by atoms with Gasteiger partial charge in [0.2, 0.25) is 0 Å². The van der Waals surface area contributed by atoms with Gasteiger partial charge in [0.15, 0.2) is 11.5 Å². The van der Waals surface area contributed by atoms with Gasteiger partial charge in [-0.1, -0.05) is 24.3 Å². The minimum absolute atomic E-state index is 0.298. The van der Waals surface area contributed by atoms with Crippen molar-refractivity contribution in [1.29, 1.82) is 5.26 Å². The number of hydrogen-bond acceptors (Lipinski definition) is 6. The molecule has 2 aliphatic heterocycles. The van der Waals surface area contributed by atoms with Crippen molar-refractivity contribution in [2.75, 3.05) is 30.6 Å². The molecule has 3 aromatic carbocycles. The summed E-state index contributed by atoms with van der Waals surface area (Å²) in [7, 11) is 3.07. The number of methoxy groups -OCH3 is 2. The summed E-state index contributed by atoms with van der Waals surface area (Å²) in [4.78, 5) is 30.7. The third kappa shape index (κ3) is 3.28. The Hall–Kier alpha value is -4.57. The highest BCUT2D eigenvalue weighted by molar-refractivity contribution is 6.46. The van der Waals surface area contributed by atoms with Crippen molar-refractivity contribution in [2.24, 2.45) is 0 Å². The molecule has 0 unspecified atom stereocenters. The molecule has 168 valence electrons. The normalized spacial score (nSPS) is 15.0. The van der Waals surface area contributed by atoms with E-state index >= 15 is 0 Å². The zero-order chi connectivity index (χ0) is 23.8. The van der Waals surface area contributed by atoms with E-state index in [0.717, 1.165) is 17.7 Å². The van der Waals surface area contributed by atoms with Crippen molar-refractivity contribution < 1.29 is 19.1 Å². The van der Waals surface area contributed by atoms with Crippen LogP contribution in [0.1, 0.15) is 16.7 Å². The molecule has 5 rings (SSSR count). The maximum atomic E-state index is 13.8. The van der Waals surface area contributed by atoms with E-state index in [1.807, 2.05) is 29.2 Å². The molecule has 0 radical (unpaired) electrons. The van der Waals surface area contributed by atoms with E-state index in [4.69, 9.17) is 14.7 Å². The van der Waals surface area contributed by atoms with Gasteiger partial charge < -0.3 is 14.4 Å². The van der Waals surface area contributed by atoms with E-state index in [2.05, 4.69) is 6.07 Å². The molecule has 0 aromatic heterocycles. The molecular weight excluding hydrogens is 430 g/mol. The van der Waals surface area contributed by atoms with Gasteiger partial charge in [0.25, 0.3) is 11.8 Å². The number of fused-ring (bicyclic) bond motifs is 1. The second-order valence-corrected chi connectivity index (χ2v) is 7.93. The van der Waals surface area contributed by atoms with E-state index in [1.165, 1.54) is 12.0 Å². The van der Waals surface area contributed by atoms with Crippen LogP contribution in [0.15, 0.2) is 72.4 Å². The Kier molecular flexibility index (Phi) is 5.27. The first-order chi connectivity index (χ1) is 16.6. The monoisotopic (exact) mass is 451 g/mol. The largest absolute Gasteiger partial charge is 0.493 e. The zero-order valence-corrected chi connectivity index (χ0v) is 18.7. The molecule has 0 aliphatic carbocycles. The fourth-order valence-corrected chi connectivity index (χ4v) is 4.51. The molecule has 0 N–H and O–H groups in total.